The quantitative estimate of drug-likeness (QED) is 0.876. The van der Waals surface area contributed by atoms with Gasteiger partial charge in [-0.2, -0.15) is 0 Å². The minimum atomic E-state index is -0.184. The van der Waals surface area contributed by atoms with Crippen LogP contribution in [0, 0.1) is 5.41 Å². The zero-order valence-corrected chi connectivity index (χ0v) is 12.1. The third kappa shape index (κ3) is 3.05. The number of carbonyl (C=O) groups is 1. The number of halogens is 1. The lowest BCUT2D eigenvalue weighted by atomic mass is 9.77. The highest BCUT2D eigenvalue weighted by atomic mass is 79.9. The number of nitrogens with zero attached hydrogens (tertiary/aromatic N) is 2. The first-order valence-corrected chi connectivity index (χ1v) is 6.80. The summed E-state index contributed by atoms with van der Waals surface area (Å²) in [5.41, 5.74) is -0.0366. The van der Waals surface area contributed by atoms with E-state index in [9.17, 15) is 4.79 Å². The Balaban J connectivity index is 2.05. The van der Waals surface area contributed by atoms with Gasteiger partial charge >= 0.3 is 0 Å². The van der Waals surface area contributed by atoms with Crippen molar-refractivity contribution < 1.29 is 4.79 Å². The lowest BCUT2D eigenvalue weighted by Gasteiger charge is -2.38. The number of piperidine rings is 1. The Bertz CT molecular complexity index is 432. The molecule has 1 unspecified atom stereocenters. The summed E-state index contributed by atoms with van der Waals surface area (Å²) in [4.78, 5) is 20.3. The van der Waals surface area contributed by atoms with Crippen molar-refractivity contribution in [1.82, 2.24) is 15.3 Å². The summed E-state index contributed by atoms with van der Waals surface area (Å²) in [6, 6.07) is -0.184. The first kappa shape index (κ1) is 13.4. The summed E-state index contributed by atoms with van der Waals surface area (Å²) in [7, 11) is 0. The molecule has 2 rings (SSSR count). The molecule has 98 valence electrons. The molecule has 1 fully saturated rings. The molecule has 1 aromatic rings. The molecule has 0 bridgehead atoms. The van der Waals surface area contributed by atoms with E-state index in [0.717, 1.165) is 19.4 Å². The predicted octanol–water partition coefficient (Wildman–Crippen LogP) is 1.96. The highest BCUT2D eigenvalue weighted by Gasteiger charge is 2.37. The molecule has 0 aliphatic carbocycles. The summed E-state index contributed by atoms with van der Waals surface area (Å²) in [5, 5.41) is 6.07. The van der Waals surface area contributed by atoms with Crippen molar-refractivity contribution in [2.45, 2.75) is 32.7 Å². The van der Waals surface area contributed by atoms with Crippen LogP contribution in [0.2, 0.25) is 0 Å². The number of aromatic nitrogens is 2. The maximum atomic E-state index is 12.2. The number of anilines is 1. The molecular weight excluding hydrogens is 296 g/mol. The Morgan fingerprint density at radius 3 is 2.89 bits per heavy atom. The Labute approximate surface area is 115 Å². The molecule has 1 atom stereocenters. The average molecular weight is 313 g/mol. The zero-order chi connectivity index (χ0) is 13.2. The molecule has 0 aromatic carbocycles. The number of nitrogens with one attached hydrogen (secondary N) is 2. The van der Waals surface area contributed by atoms with Gasteiger partial charge in [0.1, 0.15) is 4.60 Å². The van der Waals surface area contributed by atoms with E-state index in [1.807, 2.05) is 0 Å². The van der Waals surface area contributed by atoms with Gasteiger partial charge in [-0.15, -0.1) is 0 Å². The molecule has 2 heterocycles. The maximum Gasteiger partial charge on any atom is 0.243 e. The maximum absolute atomic E-state index is 12.2. The van der Waals surface area contributed by atoms with Crippen molar-refractivity contribution in [3.05, 3.63) is 17.0 Å². The highest BCUT2D eigenvalue weighted by Crippen LogP contribution is 2.30. The van der Waals surface area contributed by atoms with Crippen LogP contribution in [0.15, 0.2) is 17.0 Å². The van der Waals surface area contributed by atoms with E-state index in [4.69, 9.17) is 0 Å². The predicted molar refractivity (Wildman–Crippen MR) is 73.2 cm³/mol. The van der Waals surface area contributed by atoms with Crippen LogP contribution in [0.3, 0.4) is 0 Å². The fourth-order valence-electron chi connectivity index (χ4n) is 2.23. The van der Waals surface area contributed by atoms with E-state index >= 15 is 0 Å². The van der Waals surface area contributed by atoms with Gasteiger partial charge in [0.05, 0.1) is 18.4 Å². The molecule has 0 spiro atoms. The molecule has 5 nitrogen and oxygen atoms in total. The van der Waals surface area contributed by atoms with E-state index in [2.05, 4.69) is 50.4 Å². The van der Waals surface area contributed by atoms with Crippen LogP contribution in [0.4, 0.5) is 5.82 Å². The molecule has 0 saturated carbocycles. The molecule has 2 N–H and O–H groups in total. The van der Waals surface area contributed by atoms with Crippen molar-refractivity contribution in [1.29, 1.82) is 0 Å². The van der Waals surface area contributed by atoms with Gasteiger partial charge in [-0.05, 0) is 40.7 Å². The molecule has 18 heavy (non-hydrogen) atoms. The summed E-state index contributed by atoms with van der Waals surface area (Å²) in [6.07, 6.45) is 5.26. The van der Waals surface area contributed by atoms with Crippen molar-refractivity contribution in [3.63, 3.8) is 0 Å². The fraction of sp³-hybridized carbons (Fsp3) is 0.583. The minimum absolute atomic E-state index is 0.0366. The van der Waals surface area contributed by atoms with Crippen LogP contribution < -0.4 is 10.6 Å². The van der Waals surface area contributed by atoms with Crippen LogP contribution in [0.5, 0.6) is 0 Å². The molecule has 1 saturated heterocycles. The van der Waals surface area contributed by atoms with Gasteiger partial charge in [-0.25, -0.2) is 9.97 Å². The largest absolute Gasteiger partial charge is 0.308 e. The standard InChI is InChI=1S/C12H17BrN4O/c1-12(2)4-3-5-14-10(12)11(18)17-9-7-15-8(13)6-16-9/h6-7,10,14H,3-5H2,1-2H3,(H,16,17,18). The van der Waals surface area contributed by atoms with Crippen molar-refractivity contribution in [3.8, 4) is 0 Å². The Morgan fingerprint density at radius 1 is 1.50 bits per heavy atom. The van der Waals surface area contributed by atoms with Crippen molar-refractivity contribution in [2.24, 2.45) is 5.41 Å². The molecule has 0 radical (unpaired) electrons. The number of hydrogen-bond donors (Lipinski definition) is 2. The first-order valence-electron chi connectivity index (χ1n) is 6.01. The Hall–Kier alpha value is -1.01. The lowest BCUT2D eigenvalue weighted by Crippen LogP contribution is -2.53. The number of hydrogen-bond acceptors (Lipinski definition) is 4. The van der Waals surface area contributed by atoms with Crippen molar-refractivity contribution >= 4 is 27.7 Å². The van der Waals surface area contributed by atoms with Crippen LogP contribution in [-0.4, -0.2) is 28.5 Å². The number of carbonyl (C=O) groups excluding carboxylic acids is 1. The van der Waals surface area contributed by atoms with E-state index in [1.165, 1.54) is 6.20 Å². The summed E-state index contributed by atoms with van der Waals surface area (Å²) in [6.45, 7) is 5.10. The van der Waals surface area contributed by atoms with Gasteiger partial charge < -0.3 is 10.6 Å². The van der Waals surface area contributed by atoms with Crippen LogP contribution in [0.1, 0.15) is 26.7 Å². The molecule has 1 aliphatic heterocycles. The number of rotatable bonds is 2. The van der Waals surface area contributed by atoms with Gasteiger partial charge in [0.2, 0.25) is 5.91 Å². The lowest BCUT2D eigenvalue weighted by molar-refractivity contribution is -0.121. The van der Waals surface area contributed by atoms with Gasteiger partial charge in [0.25, 0.3) is 0 Å². The molecule has 1 amide bonds. The average Bonchev–Trinajstić information content (AvgIpc) is 2.31. The molecule has 6 heteroatoms. The SMILES string of the molecule is CC1(C)CCCNC1C(=O)Nc1cnc(Br)cn1. The molecule has 1 aliphatic rings. The summed E-state index contributed by atoms with van der Waals surface area (Å²) < 4.78 is 0.650. The zero-order valence-electron chi connectivity index (χ0n) is 10.5. The summed E-state index contributed by atoms with van der Waals surface area (Å²) in [5.74, 6) is 0.433. The van der Waals surface area contributed by atoms with E-state index in [0.29, 0.717) is 10.4 Å². The third-order valence-electron chi connectivity index (χ3n) is 3.26. The third-order valence-corrected chi connectivity index (χ3v) is 3.67. The Kier molecular flexibility index (Phi) is 3.97. The van der Waals surface area contributed by atoms with Crippen LogP contribution in [0.25, 0.3) is 0 Å². The van der Waals surface area contributed by atoms with E-state index in [-0.39, 0.29) is 17.4 Å². The first-order chi connectivity index (χ1) is 8.49. The normalized spacial score (nSPS) is 22.5. The fourth-order valence-corrected chi connectivity index (χ4v) is 2.44. The van der Waals surface area contributed by atoms with Crippen LogP contribution >= 0.6 is 15.9 Å². The second-order valence-electron chi connectivity index (χ2n) is 5.19. The van der Waals surface area contributed by atoms with Gasteiger partial charge in [-0.1, -0.05) is 13.8 Å². The Morgan fingerprint density at radius 2 is 2.28 bits per heavy atom. The second-order valence-corrected chi connectivity index (χ2v) is 6.01. The molecule has 1 aromatic heterocycles. The van der Waals surface area contributed by atoms with E-state index in [1.54, 1.807) is 6.20 Å². The monoisotopic (exact) mass is 312 g/mol. The summed E-state index contributed by atoms with van der Waals surface area (Å²) >= 11 is 3.21. The van der Waals surface area contributed by atoms with Crippen LogP contribution in [-0.2, 0) is 4.79 Å². The number of amides is 1. The van der Waals surface area contributed by atoms with Gasteiger partial charge in [0.15, 0.2) is 5.82 Å². The molecular formula is C12H17BrN4O. The van der Waals surface area contributed by atoms with E-state index < -0.39 is 0 Å². The minimum Gasteiger partial charge on any atom is -0.308 e. The topological polar surface area (TPSA) is 66.9 Å². The smallest absolute Gasteiger partial charge is 0.243 e. The van der Waals surface area contributed by atoms with Gasteiger partial charge in [0, 0.05) is 0 Å². The van der Waals surface area contributed by atoms with Gasteiger partial charge in [-0.3, -0.25) is 4.79 Å². The highest BCUT2D eigenvalue weighted by molar-refractivity contribution is 9.10. The second kappa shape index (κ2) is 5.32. The van der Waals surface area contributed by atoms with Crippen molar-refractivity contribution in [2.75, 3.05) is 11.9 Å².